The Morgan fingerprint density at radius 2 is 2.13 bits per heavy atom. The third-order valence-electron chi connectivity index (χ3n) is 2.13. The first-order chi connectivity index (χ1) is 6.57. The number of hydrogen-bond acceptors (Lipinski definition) is 2. The molecule has 0 aliphatic carbocycles. The van der Waals surface area contributed by atoms with Crippen molar-refractivity contribution in [2.45, 2.75) is 19.4 Å². The lowest BCUT2D eigenvalue weighted by atomic mass is 10.0. The first-order valence-electron chi connectivity index (χ1n) is 4.39. The van der Waals surface area contributed by atoms with E-state index in [-0.39, 0.29) is 19.0 Å². The highest BCUT2D eigenvalue weighted by molar-refractivity contribution is 6.32. The second-order valence-electron chi connectivity index (χ2n) is 3.21. The van der Waals surface area contributed by atoms with Gasteiger partial charge in [-0.2, -0.15) is 0 Å². The summed E-state index contributed by atoms with van der Waals surface area (Å²) < 4.78 is 13.4. The van der Waals surface area contributed by atoms with Crippen LogP contribution in [0.25, 0.3) is 0 Å². The quantitative estimate of drug-likeness (QED) is 0.870. The van der Waals surface area contributed by atoms with Gasteiger partial charge in [0.25, 0.3) is 0 Å². The van der Waals surface area contributed by atoms with E-state index in [1.807, 2.05) is 0 Å². The van der Waals surface area contributed by atoms with Gasteiger partial charge in [-0.15, -0.1) is 12.4 Å². The molecular formula is C10H14Cl2FNO. The first-order valence-corrected chi connectivity index (χ1v) is 4.76. The van der Waals surface area contributed by atoms with Crippen LogP contribution in [0.1, 0.15) is 23.6 Å². The minimum Gasteiger partial charge on any atom is -0.396 e. The largest absolute Gasteiger partial charge is 0.396 e. The van der Waals surface area contributed by atoms with E-state index in [9.17, 15) is 4.39 Å². The molecule has 0 bridgehead atoms. The maximum absolute atomic E-state index is 13.4. The zero-order valence-electron chi connectivity index (χ0n) is 8.34. The van der Waals surface area contributed by atoms with Crippen LogP contribution in [0.15, 0.2) is 12.1 Å². The normalized spacial score (nSPS) is 12.1. The third kappa shape index (κ3) is 3.31. The molecule has 1 rings (SSSR count). The standard InChI is InChI=1S/C10H13ClFNO.ClH/c1-6-2-3-7(12)9(10(6)11)8(13)4-5-14;/h2-3,8,14H,4-5,13H2,1H3;1H/t8-;/m0./s1. The monoisotopic (exact) mass is 253 g/mol. The Kier molecular flexibility index (Phi) is 6.13. The van der Waals surface area contributed by atoms with Gasteiger partial charge in [0.1, 0.15) is 5.82 Å². The molecule has 0 saturated heterocycles. The van der Waals surface area contributed by atoms with Crippen LogP contribution < -0.4 is 5.73 Å². The number of hydrogen-bond donors (Lipinski definition) is 2. The van der Waals surface area contributed by atoms with Crippen LogP contribution in [0, 0.1) is 12.7 Å². The Bertz CT molecular complexity index is 333. The first kappa shape index (κ1) is 14.6. The van der Waals surface area contributed by atoms with Crippen LogP contribution in [-0.2, 0) is 0 Å². The van der Waals surface area contributed by atoms with Gasteiger partial charge in [-0.1, -0.05) is 17.7 Å². The average Bonchev–Trinajstić information content (AvgIpc) is 2.13. The van der Waals surface area contributed by atoms with Crippen molar-refractivity contribution in [2.24, 2.45) is 5.73 Å². The maximum atomic E-state index is 13.4. The molecule has 1 aromatic carbocycles. The zero-order chi connectivity index (χ0) is 10.7. The number of nitrogens with two attached hydrogens (primary N) is 1. The molecule has 0 spiro atoms. The lowest BCUT2D eigenvalue weighted by Crippen LogP contribution is -2.14. The predicted octanol–water partition coefficient (Wildman–Crippen LogP) is 2.59. The minimum absolute atomic E-state index is 0. The number of aryl methyl sites for hydroxylation is 1. The molecule has 0 saturated carbocycles. The van der Waals surface area contributed by atoms with E-state index in [0.717, 1.165) is 5.56 Å². The number of rotatable bonds is 3. The fraction of sp³-hybridized carbons (Fsp3) is 0.400. The van der Waals surface area contributed by atoms with Crippen LogP contribution in [0.2, 0.25) is 5.02 Å². The summed E-state index contributed by atoms with van der Waals surface area (Å²) in [6.45, 7) is 1.71. The lowest BCUT2D eigenvalue weighted by molar-refractivity contribution is 0.275. The van der Waals surface area contributed by atoms with Gasteiger partial charge < -0.3 is 10.8 Å². The van der Waals surface area contributed by atoms with Crippen LogP contribution in [0.4, 0.5) is 4.39 Å². The second-order valence-corrected chi connectivity index (χ2v) is 3.59. The van der Waals surface area contributed by atoms with Crippen molar-refractivity contribution >= 4 is 24.0 Å². The summed E-state index contributed by atoms with van der Waals surface area (Å²) in [5.74, 6) is -0.415. The van der Waals surface area contributed by atoms with Crippen molar-refractivity contribution in [1.82, 2.24) is 0 Å². The maximum Gasteiger partial charge on any atom is 0.129 e. The van der Waals surface area contributed by atoms with Gasteiger partial charge in [0.05, 0.1) is 5.02 Å². The molecule has 1 atom stereocenters. The highest BCUT2D eigenvalue weighted by atomic mass is 35.5. The minimum atomic E-state index is -0.549. The summed E-state index contributed by atoms with van der Waals surface area (Å²) in [6, 6.07) is 2.40. The summed E-state index contributed by atoms with van der Waals surface area (Å²) in [5, 5.41) is 9.06. The average molecular weight is 254 g/mol. The molecule has 1 aromatic rings. The molecular weight excluding hydrogens is 240 g/mol. The van der Waals surface area contributed by atoms with Crippen LogP contribution >= 0.6 is 24.0 Å². The molecule has 0 aromatic heterocycles. The van der Waals surface area contributed by atoms with E-state index < -0.39 is 11.9 Å². The molecule has 0 amide bonds. The molecule has 3 N–H and O–H groups in total. The smallest absolute Gasteiger partial charge is 0.129 e. The van der Waals surface area contributed by atoms with Gasteiger partial charge in [0.15, 0.2) is 0 Å². The SMILES string of the molecule is Cc1ccc(F)c([C@@H](N)CCO)c1Cl.Cl. The number of aliphatic hydroxyl groups excluding tert-OH is 1. The van der Waals surface area contributed by atoms with Crippen LogP contribution in [0.3, 0.4) is 0 Å². The summed E-state index contributed by atoms with van der Waals surface area (Å²) in [4.78, 5) is 0. The molecule has 0 radical (unpaired) electrons. The Morgan fingerprint density at radius 3 is 2.67 bits per heavy atom. The van der Waals surface area contributed by atoms with E-state index in [1.165, 1.54) is 6.07 Å². The zero-order valence-corrected chi connectivity index (χ0v) is 9.91. The van der Waals surface area contributed by atoms with Crippen molar-refractivity contribution in [3.05, 3.63) is 34.1 Å². The Hall–Kier alpha value is -0.350. The van der Waals surface area contributed by atoms with Crippen molar-refractivity contribution in [3.8, 4) is 0 Å². The van der Waals surface area contributed by atoms with E-state index in [4.69, 9.17) is 22.4 Å². The second kappa shape index (κ2) is 6.28. The van der Waals surface area contributed by atoms with Crippen LogP contribution in [-0.4, -0.2) is 11.7 Å². The molecule has 2 nitrogen and oxygen atoms in total. The molecule has 0 fully saturated rings. The van der Waals surface area contributed by atoms with Crippen LogP contribution in [0.5, 0.6) is 0 Å². The molecule has 0 unspecified atom stereocenters. The Labute approximate surface area is 99.6 Å². The molecule has 5 heteroatoms. The number of aliphatic hydroxyl groups is 1. The molecule has 0 aliphatic rings. The summed E-state index contributed by atoms with van der Waals surface area (Å²) in [6.07, 6.45) is 0.306. The van der Waals surface area contributed by atoms with Gasteiger partial charge in [0.2, 0.25) is 0 Å². The topological polar surface area (TPSA) is 46.2 Å². The fourth-order valence-electron chi connectivity index (χ4n) is 1.30. The van der Waals surface area contributed by atoms with Gasteiger partial charge in [-0.25, -0.2) is 4.39 Å². The van der Waals surface area contributed by atoms with Crippen molar-refractivity contribution in [2.75, 3.05) is 6.61 Å². The number of benzene rings is 1. The molecule has 15 heavy (non-hydrogen) atoms. The van der Waals surface area contributed by atoms with Crippen molar-refractivity contribution in [1.29, 1.82) is 0 Å². The number of halogens is 3. The highest BCUT2D eigenvalue weighted by Gasteiger charge is 2.16. The Morgan fingerprint density at radius 1 is 1.53 bits per heavy atom. The highest BCUT2D eigenvalue weighted by Crippen LogP contribution is 2.29. The van der Waals surface area contributed by atoms with E-state index in [1.54, 1.807) is 13.0 Å². The fourth-order valence-corrected chi connectivity index (χ4v) is 1.60. The van der Waals surface area contributed by atoms with Gasteiger partial charge in [-0.05, 0) is 25.0 Å². The van der Waals surface area contributed by atoms with Gasteiger partial charge in [-0.3, -0.25) is 0 Å². The predicted molar refractivity (Wildman–Crippen MR) is 62.0 cm³/mol. The van der Waals surface area contributed by atoms with Crippen molar-refractivity contribution < 1.29 is 9.50 Å². The molecule has 0 heterocycles. The summed E-state index contributed by atoms with van der Waals surface area (Å²) in [5.41, 5.74) is 6.77. The molecule has 86 valence electrons. The van der Waals surface area contributed by atoms with Gasteiger partial charge >= 0.3 is 0 Å². The summed E-state index contributed by atoms with van der Waals surface area (Å²) in [7, 11) is 0. The Balaban J connectivity index is 0.00000196. The summed E-state index contributed by atoms with van der Waals surface area (Å²) >= 11 is 5.93. The van der Waals surface area contributed by atoms with E-state index in [2.05, 4.69) is 0 Å². The van der Waals surface area contributed by atoms with E-state index >= 15 is 0 Å². The van der Waals surface area contributed by atoms with E-state index in [0.29, 0.717) is 17.0 Å². The van der Waals surface area contributed by atoms with Crippen molar-refractivity contribution in [3.63, 3.8) is 0 Å². The van der Waals surface area contributed by atoms with Gasteiger partial charge in [0, 0.05) is 18.2 Å². The molecule has 0 aliphatic heterocycles. The third-order valence-corrected chi connectivity index (χ3v) is 2.63. The lowest BCUT2D eigenvalue weighted by Gasteiger charge is -2.14.